The lowest BCUT2D eigenvalue weighted by Crippen LogP contribution is -2.50. The maximum Gasteiger partial charge on any atom is 0.253 e. The van der Waals surface area contributed by atoms with Crippen molar-refractivity contribution in [3.63, 3.8) is 0 Å². The van der Waals surface area contributed by atoms with E-state index < -0.39 is 5.60 Å². The summed E-state index contributed by atoms with van der Waals surface area (Å²) in [4.78, 5) is 28.1. The number of piperidine rings is 1. The Balaban J connectivity index is 1.52. The molecule has 3 rings (SSSR count). The van der Waals surface area contributed by atoms with Gasteiger partial charge >= 0.3 is 0 Å². The highest BCUT2D eigenvalue weighted by atomic mass is 35.5. The number of likely N-dealkylation sites (tertiary alicyclic amines) is 2. The Hall–Kier alpha value is -1.63. The van der Waals surface area contributed by atoms with E-state index in [0.29, 0.717) is 43.1 Å². The van der Waals surface area contributed by atoms with E-state index in [-0.39, 0.29) is 17.9 Å². The van der Waals surface area contributed by atoms with Crippen LogP contribution in [0.1, 0.15) is 49.4 Å². The van der Waals surface area contributed by atoms with Crippen molar-refractivity contribution in [2.45, 2.75) is 50.7 Å². The minimum Gasteiger partial charge on any atom is -0.388 e. The van der Waals surface area contributed by atoms with Gasteiger partial charge in [0.15, 0.2) is 0 Å². The number of carbonyl (C=O) groups is 2. The Kier molecular flexibility index (Phi) is 6.96. The van der Waals surface area contributed by atoms with Crippen molar-refractivity contribution < 1.29 is 14.7 Å². The fourth-order valence-corrected chi connectivity index (χ4v) is 4.47. The van der Waals surface area contributed by atoms with Crippen LogP contribution < -0.4 is 5.32 Å². The van der Waals surface area contributed by atoms with Crippen LogP contribution in [0.3, 0.4) is 0 Å². The number of β-amino-alcohol motifs (C(OH)–C–C–N with tert-alkyl or cyclic N) is 1. The molecule has 1 aromatic carbocycles. The van der Waals surface area contributed by atoms with Crippen molar-refractivity contribution in [1.82, 2.24) is 15.1 Å². The predicted molar refractivity (Wildman–Crippen MR) is 109 cm³/mol. The lowest BCUT2D eigenvalue weighted by molar-refractivity contribution is -0.120. The van der Waals surface area contributed by atoms with E-state index in [9.17, 15) is 14.7 Å². The van der Waals surface area contributed by atoms with Crippen LogP contribution in [0.4, 0.5) is 0 Å². The number of hydrogen-bond acceptors (Lipinski definition) is 4. The molecule has 28 heavy (non-hydrogen) atoms. The fourth-order valence-electron chi connectivity index (χ4n) is 4.28. The van der Waals surface area contributed by atoms with Gasteiger partial charge in [-0.2, -0.15) is 0 Å². The molecule has 2 amide bonds. The molecular weight excluding hydrogens is 378 g/mol. The average Bonchev–Trinajstić information content (AvgIpc) is 2.84. The van der Waals surface area contributed by atoms with Crippen LogP contribution in [-0.4, -0.2) is 71.1 Å². The van der Waals surface area contributed by atoms with Crippen LogP contribution in [0.15, 0.2) is 24.3 Å². The molecule has 0 unspecified atom stereocenters. The normalized spacial score (nSPS) is 24.6. The SMILES string of the molecule is CC(=O)NC1CCN(C[C@]2(O)CCCN(C(=O)c3cccc(Cl)c3)CC2)CC1. The van der Waals surface area contributed by atoms with Crippen LogP contribution in [0.5, 0.6) is 0 Å². The van der Waals surface area contributed by atoms with E-state index >= 15 is 0 Å². The summed E-state index contributed by atoms with van der Waals surface area (Å²) in [6.07, 6.45) is 3.87. The summed E-state index contributed by atoms with van der Waals surface area (Å²) in [5, 5.41) is 14.7. The molecule has 1 atom stereocenters. The molecule has 0 spiro atoms. The van der Waals surface area contributed by atoms with E-state index in [0.717, 1.165) is 32.4 Å². The van der Waals surface area contributed by atoms with Gasteiger partial charge in [0.05, 0.1) is 5.60 Å². The number of hydrogen-bond donors (Lipinski definition) is 2. The van der Waals surface area contributed by atoms with Crippen molar-refractivity contribution >= 4 is 23.4 Å². The van der Waals surface area contributed by atoms with Gasteiger partial charge in [-0.05, 0) is 50.3 Å². The van der Waals surface area contributed by atoms with Gasteiger partial charge in [0.1, 0.15) is 0 Å². The minimum atomic E-state index is -0.774. The molecular formula is C21H30ClN3O3. The number of halogens is 1. The molecule has 0 bridgehead atoms. The maximum atomic E-state index is 12.8. The highest BCUT2D eigenvalue weighted by molar-refractivity contribution is 6.30. The van der Waals surface area contributed by atoms with Gasteiger partial charge in [-0.15, -0.1) is 0 Å². The van der Waals surface area contributed by atoms with E-state index in [1.807, 2.05) is 4.90 Å². The van der Waals surface area contributed by atoms with E-state index in [2.05, 4.69) is 10.2 Å². The van der Waals surface area contributed by atoms with Crippen molar-refractivity contribution in [3.8, 4) is 0 Å². The standard InChI is InChI=1S/C21H30ClN3O3/c1-16(26)23-19-6-11-24(12-7-19)15-21(28)8-3-10-25(13-9-21)20(27)17-4-2-5-18(22)14-17/h2,4-5,14,19,28H,3,6-13,15H2,1H3,(H,23,26)/t21-/m0/s1. The number of carbonyl (C=O) groups excluding carboxylic acids is 2. The third-order valence-electron chi connectivity index (χ3n) is 5.79. The largest absolute Gasteiger partial charge is 0.388 e. The second-order valence-corrected chi connectivity index (χ2v) is 8.57. The van der Waals surface area contributed by atoms with Crippen molar-refractivity contribution in [2.24, 2.45) is 0 Å². The Bertz CT molecular complexity index is 706. The number of benzene rings is 1. The first-order valence-electron chi connectivity index (χ1n) is 10.1. The average molecular weight is 408 g/mol. The molecule has 2 fully saturated rings. The van der Waals surface area contributed by atoms with Crippen molar-refractivity contribution in [2.75, 3.05) is 32.7 Å². The van der Waals surface area contributed by atoms with Gasteiger partial charge in [-0.25, -0.2) is 0 Å². The number of rotatable bonds is 4. The summed E-state index contributed by atoms with van der Waals surface area (Å²) >= 11 is 6.01. The number of aliphatic hydroxyl groups is 1. The van der Waals surface area contributed by atoms with Gasteiger partial charge in [0.25, 0.3) is 5.91 Å². The molecule has 154 valence electrons. The molecule has 2 aliphatic heterocycles. The molecule has 1 aromatic rings. The second-order valence-electron chi connectivity index (χ2n) is 8.13. The zero-order valence-electron chi connectivity index (χ0n) is 16.5. The van der Waals surface area contributed by atoms with E-state index in [1.54, 1.807) is 31.2 Å². The third-order valence-corrected chi connectivity index (χ3v) is 6.02. The molecule has 0 saturated carbocycles. The molecule has 2 saturated heterocycles. The van der Waals surface area contributed by atoms with Gasteiger partial charge in [0.2, 0.25) is 5.91 Å². The Morgan fingerprint density at radius 2 is 1.96 bits per heavy atom. The van der Waals surface area contributed by atoms with Crippen LogP contribution in [-0.2, 0) is 4.79 Å². The monoisotopic (exact) mass is 407 g/mol. The minimum absolute atomic E-state index is 0.0188. The second kappa shape index (κ2) is 9.25. The van der Waals surface area contributed by atoms with Crippen molar-refractivity contribution in [3.05, 3.63) is 34.9 Å². The molecule has 0 aliphatic carbocycles. The van der Waals surface area contributed by atoms with Gasteiger partial charge in [-0.1, -0.05) is 17.7 Å². The van der Waals surface area contributed by atoms with Gasteiger partial charge in [-0.3, -0.25) is 9.59 Å². The maximum absolute atomic E-state index is 12.8. The van der Waals surface area contributed by atoms with Crippen LogP contribution in [0.2, 0.25) is 5.02 Å². The first kappa shape index (κ1) is 21.1. The predicted octanol–water partition coefficient (Wildman–Crippen LogP) is 2.30. The summed E-state index contributed by atoms with van der Waals surface area (Å²) in [5.74, 6) is -0.00631. The third kappa shape index (κ3) is 5.69. The first-order valence-corrected chi connectivity index (χ1v) is 10.5. The summed E-state index contributed by atoms with van der Waals surface area (Å²) in [7, 11) is 0. The summed E-state index contributed by atoms with van der Waals surface area (Å²) < 4.78 is 0. The molecule has 2 N–H and O–H groups in total. The summed E-state index contributed by atoms with van der Waals surface area (Å²) in [6, 6.07) is 7.26. The van der Waals surface area contributed by atoms with Crippen LogP contribution in [0, 0.1) is 0 Å². The molecule has 6 nitrogen and oxygen atoms in total. The fraction of sp³-hybridized carbons (Fsp3) is 0.619. The molecule has 2 aliphatic rings. The Labute approximate surface area is 171 Å². The topological polar surface area (TPSA) is 72.9 Å². The Morgan fingerprint density at radius 1 is 1.21 bits per heavy atom. The quantitative estimate of drug-likeness (QED) is 0.803. The first-order chi connectivity index (χ1) is 13.3. The molecule has 7 heteroatoms. The molecule has 0 radical (unpaired) electrons. The van der Waals surface area contributed by atoms with Crippen LogP contribution in [0.25, 0.3) is 0 Å². The molecule has 2 heterocycles. The highest BCUT2D eigenvalue weighted by Crippen LogP contribution is 2.26. The zero-order chi connectivity index (χ0) is 20.1. The van der Waals surface area contributed by atoms with Crippen LogP contribution >= 0.6 is 11.6 Å². The summed E-state index contributed by atoms with van der Waals surface area (Å²) in [6.45, 7) is 5.12. The smallest absolute Gasteiger partial charge is 0.253 e. The van der Waals surface area contributed by atoms with E-state index in [1.165, 1.54) is 0 Å². The zero-order valence-corrected chi connectivity index (χ0v) is 17.2. The number of nitrogens with zero attached hydrogens (tertiary/aromatic N) is 2. The van der Waals surface area contributed by atoms with E-state index in [4.69, 9.17) is 11.6 Å². The van der Waals surface area contributed by atoms with Gasteiger partial charge < -0.3 is 20.2 Å². The number of nitrogens with one attached hydrogen (secondary N) is 1. The lowest BCUT2D eigenvalue weighted by atomic mass is 9.93. The number of amides is 2. The van der Waals surface area contributed by atoms with Crippen molar-refractivity contribution in [1.29, 1.82) is 0 Å². The van der Waals surface area contributed by atoms with Gasteiger partial charge in [0, 0.05) is 56.3 Å². The lowest BCUT2D eigenvalue weighted by Gasteiger charge is -2.38. The summed E-state index contributed by atoms with van der Waals surface area (Å²) in [5.41, 5.74) is -0.178. The highest BCUT2D eigenvalue weighted by Gasteiger charge is 2.34. The Morgan fingerprint density at radius 3 is 2.64 bits per heavy atom. The molecule has 0 aromatic heterocycles.